The second kappa shape index (κ2) is 15.2. The Labute approximate surface area is 309 Å². The minimum absolute atomic E-state index is 0.0115. The van der Waals surface area contributed by atoms with E-state index >= 15 is 0 Å². The van der Waals surface area contributed by atoms with Crippen LogP contribution in [0.5, 0.6) is 0 Å². The Morgan fingerprint density at radius 1 is 0.804 bits per heavy atom. The minimum Gasteiger partial charge on any atom is -0.465 e. The Morgan fingerprint density at radius 2 is 1.47 bits per heavy atom. The van der Waals surface area contributed by atoms with Crippen molar-refractivity contribution in [3.8, 4) is 0 Å². The number of hydrogen-bond acceptors (Lipinski definition) is 4. The van der Waals surface area contributed by atoms with Gasteiger partial charge in [-0.2, -0.15) is 0 Å². The molecule has 0 aliphatic heterocycles. The highest BCUT2D eigenvalue weighted by Gasteiger charge is 2.69. The van der Waals surface area contributed by atoms with E-state index in [0.29, 0.717) is 40.8 Å². The number of methoxy groups -OCH3 is 2. The summed E-state index contributed by atoms with van der Waals surface area (Å²) < 4.78 is 9.84. The maximum atomic E-state index is 12.4. The number of aldehydes is 1. The van der Waals surface area contributed by atoms with Gasteiger partial charge in [-0.3, -0.25) is 0 Å². The molecule has 0 radical (unpaired) electrons. The molecule has 5 aliphatic carbocycles. The van der Waals surface area contributed by atoms with Crippen LogP contribution in [0.25, 0.3) is 5.57 Å². The summed E-state index contributed by atoms with van der Waals surface area (Å²) in [5, 5.41) is 0. The predicted molar refractivity (Wildman–Crippen MR) is 210 cm³/mol. The van der Waals surface area contributed by atoms with Gasteiger partial charge in [0, 0.05) is 12.5 Å². The van der Waals surface area contributed by atoms with E-state index in [4.69, 9.17) is 9.47 Å². The summed E-state index contributed by atoms with van der Waals surface area (Å²) in [4.78, 5) is 24.4. The molecule has 4 nitrogen and oxygen atoms in total. The molecule has 4 fully saturated rings. The molecular formula is C47H66O4. The maximum absolute atomic E-state index is 12.4. The molecule has 278 valence electrons. The van der Waals surface area contributed by atoms with Crippen molar-refractivity contribution in [1.29, 1.82) is 0 Å². The minimum atomic E-state index is -0.276. The van der Waals surface area contributed by atoms with E-state index in [1.54, 1.807) is 7.11 Å². The summed E-state index contributed by atoms with van der Waals surface area (Å²) in [5.74, 6) is 2.41. The van der Waals surface area contributed by atoms with Crippen LogP contribution in [0.15, 0.2) is 72.8 Å². The third-order valence-corrected chi connectivity index (χ3v) is 15.0. The zero-order valence-electron chi connectivity index (χ0n) is 33.3. The lowest BCUT2D eigenvalue weighted by Crippen LogP contribution is -2.65. The number of ether oxygens (including phenoxy) is 2. The maximum Gasteiger partial charge on any atom is 0.337 e. The summed E-state index contributed by atoms with van der Waals surface area (Å²) in [5.41, 5.74) is 6.71. The number of benzene rings is 2. The lowest BCUT2D eigenvalue weighted by Gasteiger charge is -2.72. The smallest absolute Gasteiger partial charge is 0.337 e. The number of fused-ring (bicyclic) bond motifs is 7. The van der Waals surface area contributed by atoms with Gasteiger partial charge in [0.15, 0.2) is 0 Å². The zero-order chi connectivity index (χ0) is 37.2. The first-order chi connectivity index (χ1) is 24.1. The van der Waals surface area contributed by atoms with Crippen LogP contribution in [-0.2, 0) is 20.9 Å². The summed E-state index contributed by atoms with van der Waals surface area (Å²) in [7, 11) is 3.14. The van der Waals surface area contributed by atoms with E-state index in [-0.39, 0.29) is 22.2 Å². The molecule has 2 aromatic rings. The van der Waals surface area contributed by atoms with Gasteiger partial charge in [0.2, 0.25) is 0 Å². The lowest BCUT2D eigenvalue weighted by molar-refractivity contribution is -0.220. The Morgan fingerprint density at radius 3 is 2.08 bits per heavy atom. The van der Waals surface area contributed by atoms with Gasteiger partial charge in [0.25, 0.3) is 0 Å². The fraction of sp³-hybridized carbons (Fsp3) is 0.617. The molecule has 2 aromatic carbocycles. The van der Waals surface area contributed by atoms with E-state index in [2.05, 4.69) is 59.4 Å². The second-order valence-electron chi connectivity index (χ2n) is 18.3. The third-order valence-electron chi connectivity index (χ3n) is 15.0. The summed E-state index contributed by atoms with van der Waals surface area (Å²) in [6, 6.07) is 18.2. The number of rotatable bonds is 5. The number of carbonyl (C=O) groups excluding carboxylic acids is 2. The van der Waals surface area contributed by atoms with Gasteiger partial charge in [0.05, 0.1) is 19.3 Å². The molecular weight excluding hydrogens is 629 g/mol. The van der Waals surface area contributed by atoms with Crippen LogP contribution in [0.3, 0.4) is 0 Å². The first-order valence-corrected chi connectivity index (χ1v) is 19.6. The van der Waals surface area contributed by atoms with Crippen LogP contribution in [0.2, 0.25) is 0 Å². The van der Waals surface area contributed by atoms with Gasteiger partial charge >= 0.3 is 5.97 Å². The van der Waals surface area contributed by atoms with E-state index in [0.717, 1.165) is 25.2 Å². The van der Waals surface area contributed by atoms with Crippen molar-refractivity contribution in [2.24, 2.45) is 50.7 Å². The molecule has 0 heterocycles. The topological polar surface area (TPSA) is 52.6 Å². The van der Waals surface area contributed by atoms with Crippen molar-refractivity contribution in [2.45, 2.75) is 119 Å². The van der Waals surface area contributed by atoms with Gasteiger partial charge in [0.1, 0.15) is 6.29 Å². The van der Waals surface area contributed by atoms with E-state index in [9.17, 15) is 9.59 Å². The average molecular weight is 695 g/mol. The summed E-state index contributed by atoms with van der Waals surface area (Å²) in [6.45, 7) is 21.1. The van der Waals surface area contributed by atoms with Gasteiger partial charge < -0.3 is 14.3 Å². The number of esters is 1. The van der Waals surface area contributed by atoms with Gasteiger partial charge in [-0.15, -0.1) is 6.58 Å². The molecule has 0 N–H and O–H groups in total. The normalized spacial score (nSPS) is 35.7. The molecule has 4 heteroatoms. The molecule has 4 saturated carbocycles. The molecule has 0 amide bonds. The largest absolute Gasteiger partial charge is 0.465 e. The van der Waals surface area contributed by atoms with E-state index < -0.39 is 0 Å². The standard InChI is InChI=1S/C35H48O3.C8H10O.C4H8/c1-31(2)25(23-9-11-24(12-10-23)30(37)38-6)15-18-32(3)28(31)16-19-34(5)29(32)14-13-26-27-8-7-17-35(27,22-36)21-20-33(26,34)4;1-9-7-8-5-3-2-4-6-8;1-4(2)3/h9-12,15,22,26-29H,7-8,13-14,16-21H2,1-6H3;2-6H,7H2,1H3;1H2,2-3H3/t26?,27-,28+,29-,32?,33-,34?,35?;;/m1../s1. The molecule has 51 heavy (non-hydrogen) atoms. The zero-order valence-corrected chi connectivity index (χ0v) is 33.3. The van der Waals surface area contributed by atoms with Crippen molar-refractivity contribution in [2.75, 3.05) is 14.2 Å². The van der Waals surface area contributed by atoms with E-state index in [1.807, 2.05) is 56.3 Å². The van der Waals surface area contributed by atoms with Crippen molar-refractivity contribution >= 4 is 17.8 Å². The molecule has 0 aromatic heterocycles. The van der Waals surface area contributed by atoms with Crippen molar-refractivity contribution in [3.05, 3.63) is 89.5 Å². The number of carbonyl (C=O) groups is 2. The SMILES string of the molecule is C=C(C)C.COC(=O)c1ccc(C2=CCC3(C)[C@H]4CCC5[C@H]6CCCC6(C=O)CC[C@@]5(C)C4(C)CC[C@H]3C2(C)C)cc1.COCc1ccccc1. The highest BCUT2D eigenvalue weighted by molar-refractivity contribution is 5.90. The Bertz CT molecular complexity index is 1570. The molecule has 0 spiro atoms. The fourth-order valence-electron chi connectivity index (χ4n) is 12.6. The molecule has 7 rings (SSSR count). The fourth-order valence-corrected chi connectivity index (χ4v) is 12.6. The third kappa shape index (κ3) is 6.96. The first-order valence-electron chi connectivity index (χ1n) is 19.6. The first kappa shape index (κ1) is 39.2. The van der Waals surface area contributed by atoms with E-state index in [1.165, 1.54) is 80.6 Å². The highest BCUT2D eigenvalue weighted by Crippen LogP contribution is 2.76. The van der Waals surface area contributed by atoms with Crippen LogP contribution in [0, 0.1) is 50.7 Å². The van der Waals surface area contributed by atoms with Gasteiger partial charge in [-0.05, 0) is 146 Å². The van der Waals surface area contributed by atoms with Gasteiger partial charge in [-0.25, -0.2) is 4.79 Å². The monoisotopic (exact) mass is 694 g/mol. The summed E-state index contributed by atoms with van der Waals surface area (Å²) >= 11 is 0. The summed E-state index contributed by atoms with van der Waals surface area (Å²) in [6.07, 6.45) is 16.3. The van der Waals surface area contributed by atoms with Crippen LogP contribution in [-0.4, -0.2) is 26.5 Å². The van der Waals surface area contributed by atoms with Crippen LogP contribution in [0.1, 0.15) is 134 Å². The molecule has 8 atom stereocenters. The quantitative estimate of drug-likeness (QED) is 0.178. The average Bonchev–Trinajstić information content (AvgIpc) is 3.54. The van der Waals surface area contributed by atoms with Crippen molar-refractivity contribution < 1.29 is 19.1 Å². The molecule has 0 bridgehead atoms. The van der Waals surface area contributed by atoms with Crippen LogP contribution >= 0.6 is 0 Å². The van der Waals surface area contributed by atoms with Crippen molar-refractivity contribution in [1.82, 2.24) is 0 Å². The molecule has 5 aliphatic rings. The van der Waals surface area contributed by atoms with Crippen molar-refractivity contribution in [3.63, 3.8) is 0 Å². The highest BCUT2D eigenvalue weighted by atomic mass is 16.5. The number of allylic oxidation sites excluding steroid dienone is 3. The van der Waals surface area contributed by atoms with Crippen LogP contribution in [0.4, 0.5) is 0 Å². The molecule has 0 saturated heterocycles. The Kier molecular flexibility index (Phi) is 11.7. The predicted octanol–water partition coefficient (Wildman–Crippen LogP) is 11.9. The van der Waals surface area contributed by atoms with Gasteiger partial charge in [-0.1, -0.05) is 95.2 Å². The molecule has 4 unspecified atom stereocenters. The second-order valence-corrected chi connectivity index (χ2v) is 18.3. The van der Waals surface area contributed by atoms with Crippen LogP contribution < -0.4 is 0 Å². The Hall–Kier alpha value is -2.98. The Balaban J connectivity index is 0.000000329. The number of hydrogen-bond donors (Lipinski definition) is 0. The lowest BCUT2D eigenvalue weighted by atomic mass is 9.33.